The zero-order chi connectivity index (χ0) is 30.5. The topological polar surface area (TPSA) is 119 Å². The van der Waals surface area contributed by atoms with Gasteiger partial charge in [-0.3, -0.25) is 4.79 Å². The number of rotatable bonds is 8. The Kier molecular flexibility index (Phi) is 6.33. The van der Waals surface area contributed by atoms with E-state index in [2.05, 4.69) is 9.55 Å². The molecular weight excluding hydrogens is 588 g/mol. The molecule has 10 nitrogen and oxygen atoms in total. The van der Waals surface area contributed by atoms with Crippen molar-refractivity contribution >= 4 is 43.8 Å². The van der Waals surface area contributed by atoms with Gasteiger partial charge in [0.1, 0.15) is 11.5 Å². The van der Waals surface area contributed by atoms with E-state index < -0.39 is 16.6 Å². The summed E-state index contributed by atoms with van der Waals surface area (Å²) in [5, 5.41) is 0.717. The van der Waals surface area contributed by atoms with Crippen LogP contribution in [0.4, 0.5) is 14.6 Å². The molecule has 4 aliphatic rings. The van der Waals surface area contributed by atoms with Crippen LogP contribution in [0.1, 0.15) is 67.8 Å². The molecular formula is C31H35F2N7O3S. The zero-order valence-electron chi connectivity index (χ0n) is 24.4. The number of anilines is 1. The maximum Gasteiger partial charge on any atom is 0.329 e. The zero-order valence-corrected chi connectivity index (χ0v) is 25.3. The van der Waals surface area contributed by atoms with E-state index in [9.17, 15) is 22.0 Å². The van der Waals surface area contributed by atoms with Gasteiger partial charge in [0.2, 0.25) is 10.0 Å². The Morgan fingerprint density at radius 2 is 1.75 bits per heavy atom. The fraction of sp³-hybridized carbons (Fsp3) is 0.516. The first-order valence-corrected chi connectivity index (χ1v) is 17.3. The summed E-state index contributed by atoms with van der Waals surface area (Å²) >= 11 is 0. The number of halogens is 2. The average Bonchev–Trinajstić information content (AvgIpc) is 3.89. The summed E-state index contributed by atoms with van der Waals surface area (Å²) in [6.45, 7) is -2.63. The molecule has 13 heteroatoms. The Balaban J connectivity index is 1.25. The predicted molar refractivity (Wildman–Crippen MR) is 163 cm³/mol. The minimum absolute atomic E-state index is 0.00566. The number of aromatic nitrogens is 4. The highest BCUT2D eigenvalue weighted by molar-refractivity contribution is 7.92. The summed E-state index contributed by atoms with van der Waals surface area (Å²) in [5.41, 5.74) is 9.92. The smallest absolute Gasteiger partial charge is 0.329 e. The summed E-state index contributed by atoms with van der Waals surface area (Å²) in [6.07, 6.45) is 8.71. The lowest BCUT2D eigenvalue weighted by Crippen LogP contribution is -2.53. The number of piperidine rings is 1. The van der Waals surface area contributed by atoms with Gasteiger partial charge < -0.3 is 19.8 Å². The number of amides is 1. The molecule has 8 rings (SSSR count). The lowest BCUT2D eigenvalue weighted by atomic mass is 9.97. The van der Waals surface area contributed by atoms with E-state index in [1.54, 1.807) is 6.07 Å². The second kappa shape index (κ2) is 9.96. The van der Waals surface area contributed by atoms with Crippen molar-refractivity contribution in [3.63, 3.8) is 0 Å². The number of nitrogens with zero attached hydrogens (tertiary/aromatic N) is 6. The van der Waals surface area contributed by atoms with Gasteiger partial charge in [-0.05, 0) is 93.7 Å². The number of alkyl halides is 2. The maximum atomic E-state index is 13.9. The van der Waals surface area contributed by atoms with Crippen molar-refractivity contribution in [2.24, 2.45) is 11.7 Å². The highest BCUT2D eigenvalue weighted by Gasteiger charge is 2.44. The Hall–Kier alpha value is -3.58. The molecule has 2 aliphatic heterocycles. The highest BCUT2D eigenvalue weighted by Crippen LogP contribution is 2.44. The minimum Gasteiger partial charge on any atom is -0.331 e. The number of carbonyl (C=O) groups is 1. The quantitative estimate of drug-likeness (QED) is 0.280. The van der Waals surface area contributed by atoms with E-state index >= 15 is 0 Å². The van der Waals surface area contributed by atoms with E-state index in [1.165, 1.54) is 6.07 Å². The maximum absolute atomic E-state index is 13.9. The van der Waals surface area contributed by atoms with Crippen molar-refractivity contribution in [3.05, 3.63) is 42.0 Å². The van der Waals surface area contributed by atoms with Gasteiger partial charge in [-0.2, -0.15) is 13.1 Å². The fourth-order valence-corrected chi connectivity index (χ4v) is 8.09. The van der Waals surface area contributed by atoms with Gasteiger partial charge in [0.25, 0.3) is 5.91 Å². The number of carbonyl (C=O) groups excluding carboxylic acids is 1. The Morgan fingerprint density at radius 1 is 1.00 bits per heavy atom. The predicted octanol–water partition coefficient (Wildman–Crippen LogP) is 4.88. The first kappa shape index (κ1) is 27.9. The SMILES string of the molecule is CS(=O)(=O)N(c1ccc2cc(-c3nc4cc(C(=O)N5[C@@H]6CC[C@@H](N)[C@H]5CC6)ccc4n3C3CC3)n(CC3CC3)c2n1)C(F)F. The summed E-state index contributed by atoms with van der Waals surface area (Å²) in [5.74, 6) is 0.847. The van der Waals surface area contributed by atoms with Crippen LogP contribution < -0.4 is 10.0 Å². The van der Waals surface area contributed by atoms with Crippen LogP contribution in [0.5, 0.6) is 0 Å². The number of sulfonamides is 1. The van der Waals surface area contributed by atoms with Crippen LogP contribution in [-0.4, -0.2) is 69.3 Å². The summed E-state index contributed by atoms with van der Waals surface area (Å²) in [4.78, 5) is 25.4. The molecule has 2 saturated heterocycles. The number of hydrogen-bond acceptors (Lipinski definition) is 6. The first-order chi connectivity index (χ1) is 21.1. The molecule has 44 heavy (non-hydrogen) atoms. The monoisotopic (exact) mass is 623 g/mol. The molecule has 2 N–H and O–H groups in total. The number of fused-ring (bicyclic) bond motifs is 4. The van der Waals surface area contributed by atoms with Crippen molar-refractivity contribution < 1.29 is 22.0 Å². The van der Waals surface area contributed by atoms with Crippen LogP contribution in [0.3, 0.4) is 0 Å². The van der Waals surface area contributed by atoms with Gasteiger partial charge in [0.15, 0.2) is 5.82 Å². The van der Waals surface area contributed by atoms with Crippen LogP contribution in [-0.2, 0) is 16.6 Å². The molecule has 4 aromatic rings. The summed E-state index contributed by atoms with van der Waals surface area (Å²) in [7, 11) is -4.25. The lowest BCUT2D eigenvalue weighted by Gasteiger charge is -2.38. The second-order valence-electron chi connectivity index (χ2n) is 13.0. The third-order valence-corrected chi connectivity index (χ3v) is 10.9. The van der Waals surface area contributed by atoms with Crippen LogP contribution in [0.25, 0.3) is 33.6 Å². The molecule has 4 fully saturated rings. The van der Waals surface area contributed by atoms with E-state index in [4.69, 9.17) is 10.7 Å². The largest absolute Gasteiger partial charge is 0.331 e. The third kappa shape index (κ3) is 4.58. The van der Waals surface area contributed by atoms with Gasteiger partial charge in [0.05, 0.1) is 23.0 Å². The van der Waals surface area contributed by atoms with Gasteiger partial charge >= 0.3 is 6.55 Å². The lowest BCUT2D eigenvalue weighted by molar-refractivity contribution is 0.0563. The van der Waals surface area contributed by atoms with Crippen molar-refractivity contribution in [3.8, 4) is 11.5 Å². The van der Waals surface area contributed by atoms with Crippen molar-refractivity contribution in [1.29, 1.82) is 0 Å². The standard InChI is InChI=1S/C31H35F2N7O3S/c1-44(42,43)40(31(32)33)27-13-5-18-15-26(37(28(18)36-27)16-17-2-3-17)29-35-23-14-19(4-11-25(23)38(29)20-6-7-20)30(41)39-21-8-10-22(34)24(39)12-9-21/h4-5,11,13-15,17,20-22,24,31H,2-3,6-10,12,16,34H2,1H3/t21-,22-,24-/m1/s1. The van der Waals surface area contributed by atoms with Crippen LogP contribution >= 0.6 is 0 Å². The number of pyridine rings is 1. The minimum atomic E-state index is -4.25. The summed E-state index contributed by atoms with van der Waals surface area (Å²) < 4.78 is 56.5. The van der Waals surface area contributed by atoms with Gasteiger partial charge in [-0.15, -0.1) is 0 Å². The first-order valence-electron chi connectivity index (χ1n) is 15.5. The third-order valence-electron chi connectivity index (χ3n) is 9.81. The second-order valence-corrected chi connectivity index (χ2v) is 14.9. The van der Waals surface area contributed by atoms with Gasteiger partial charge in [-0.25, -0.2) is 18.4 Å². The number of benzene rings is 1. The fourth-order valence-electron chi connectivity index (χ4n) is 7.36. The number of hydrogen-bond donors (Lipinski definition) is 1. The molecule has 0 radical (unpaired) electrons. The molecule has 2 bridgehead atoms. The molecule has 1 aromatic carbocycles. The Morgan fingerprint density at radius 3 is 2.45 bits per heavy atom. The van der Waals surface area contributed by atoms with E-state index in [-0.39, 0.29) is 40.2 Å². The molecule has 2 saturated carbocycles. The van der Waals surface area contributed by atoms with Gasteiger partial charge in [-0.1, -0.05) is 0 Å². The van der Waals surface area contributed by atoms with Crippen molar-refractivity contribution in [1.82, 2.24) is 24.0 Å². The average molecular weight is 624 g/mol. The van der Waals surface area contributed by atoms with E-state index in [1.807, 2.05) is 33.7 Å². The Labute approximate surface area is 253 Å². The number of imidazole rings is 1. The Bertz CT molecular complexity index is 1910. The molecule has 232 valence electrons. The van der Waals surface area contributed by atoms with Gasteiger partial charge in [0, 0.05) is 41.7 Å². The molecule has 5 heterocycles. The molecule has 0 spiro atoms. The summed E-state index contributed by atoms with van der Waals surface area (Å²) in [6, 6.07) is 11.3. The molecule has 3 aromatic heterocycles. The molecule has 1 amide bonds. The van der Waals surface area contributed by atoms with Crippen molar-refractivity contribution in [2.75, 3.05) is 10.6 Å². The molecule has 0 unspecified atom stereocenters. The van der Waals surface area contributed by atoms with Crippen LogP contribution in [0.2, 0.25) is 0 Å². The van der Waals surface area contributed by atoms with E-state index in [0.29, 0.717) is 29.1 Å². The van der Waals surface area contributed by atoms with Crippen molar-refractivity contribution in [2.45, 2.75) is 88.6 Å². The molecule has 2 aliphatic carbocycles. The highest BCUT2D eigenvalue weighted by atomic mass is 32.2. The number of nitrogens with two attached hydrogens (primary N) is 1. The van der Waals surface area contributed by atoms with Crippen LogP contribution in [0.15, 0.2) is 36.4 Å². The molecule has 3 atom stereocenters. The van der Waals surface area contributed by atoms with E-state index in [0.717, 1.165) is 80.2 Å². The van der Waals surface area contributed by atoms with Crippen LogP contribution in [0, 0.1) is 5.92 Å². The normalized spacial score (nSPS) is 23.8.